The Bertz CT molecular complexity index is 847. The fraction of sp³-hybridized carbons (Fsp3) is 0.476. The van der Waals surface area contributed by atoms with Crippen LogP contribution in [0.2, 0.25) is 0 Å². The minimum Gasteiger partial charge on any atom is -0.480 e. The molecule has 12 nitrogen and oxygen atoms in total. The van der Waals surface area contributed by atoms with Crippen molar-refractivity contribution in [3.8, 4) is 0 Å². The molecule has 0 bridgehead atoms. The van der Waals surface area contributed by atoms with Crippen LogP contribution in [0.25, 0.3) is 0 Å². The van der Waals surface area contributed by atoms with E-state index < -0.39 is 59.9 Å². The highest BCUT2D eigenvalue weighted by Crippen LogP contribution is 2.05. The number of carboxylic acid groups (broad SMARTS) is 1. The first-order chi connectivity index (χ1) is 15.4. The van der Waals surface area contributed by atoms with Gasteiger partial charge in [0.25, 0.3) is 0 Å². The van der Waals surface area contributed by atoms with Gasteiger partial charge in [0.1, 0.15) is 18.1 Å². The van der Waals surface area contributed by atoms with E-state index in [-0.39, 0.29) is 19.3 Å². The Morgan fingerprint density at radius 3 is 2.06 bits per heavy atom. The third kappa shape index (κ3) is 9.66. The van der Waals surface area contributed by atoms with Crippen LogP contribution in [-0.4, -0.2) is 70.1 Å². The van der Waals surface area contributed by atoms with Gasteiger partial charge in [0.2, 0.25) is 23.6 Å². The summed E-state index contributed by atoms with van der Waals surface area (Å²) in [6.07, 6.45) is -1.61. The van der Waals surface area contributed by atoms with Crippen LogP contribution >= 0.6 is 0 Å². The molecule has 0 spiro atoms. The molecule has 1 rings (SSSR count). The number of hydrogen-bond donors (Lipinski definition) is 7. The summed E-state index contributed by atoms with van der Waals surface area (Å²) in [6.45, 7) is 2.44. The maximum absolute atomic E-state index is 12.8. The Labute approximate surface area is 191 Å². The van der Waals surface area contributed by atoms with Gasteiger partial charge in [-0.2, -0.15) is 0 Å². The molecule has 5 atom stereocenters. The monoisotopic (exact) mass is 465 g/mol. The Morgan fingerprint density at radius 1 is 0.939 bits per heavy atom. The van der Waals surface area contributed by atoms with Gasteiger partial charge < -0.3 is 37.6 Å². The second kappa shape index (κ2) is 13.1. The molecule has 0 aliphatic heterocycles. The van der Waals surface area contributed by atoms with E-state index in [9.17, 15) is 29.1 Å². The summed E-state index contributed by atoms with van der Waals surface area (Å²) in [7, 11) is 0. The van der Waals surface area contributed by atoms with Gasteiger partial charge in [0.15, 0.2) is 0 Å². The number of amides is 4. The predicted molar refractivity (Wildman–Crippen MR) is 117 cm³/mol. The molecule has 0 aromatic heterocycles. The van der Waals surface area contributed by atoms with Crippen molar-refractivity contribution in [1.82, 2.24) is 16.0 Å². The van der Waals surface area contributed by atoms with E-state index >= 15 is 0 Å². The molecule has 0 aliphatic carbocycles. The Morgan fingerprint density at radius 2 is 1.55 bits per heavy atom. The largest absolute Gasteiger partial charge is 0.480 e. The quantitative estimate of drug-likeness (QED) is 0.169. The molecule has 33 heavy (non-hydrogen) atoms. The molecule has 4 amide bonds. The smallest absolute Gasteiger partial charge is 0.325 e. The highest BCUT2D eigenvalue weighted by Gasteiger charge is 2.32. The van der Waals surface area contributed by atoms with Gasteiger partial charge in [-0.3, -0.25) is 24.0 Å². The van der Waals surface area contributed by atoms with Crippen LogP contribution in [0.4, 0.5) is 0 Å². The number of hydrogen-bond acceptors (Lipinski definition) is 7. The zero-order chi connectivity index (χ0) is 25.1. The van der Waals surface area contributed by atoms with Crippen molar-refractivity contribution in [3.05, 3.63) is 35.9 Å². The van der Waals surface area contributed by atoms with Gasteiger partial charge >= 0.3 is 5.97 Å². The van der Waals surface area contributed by atoms with Crippen LogP contribution in [0.5, 0.6) is 0 Å². The maximum Gasteiger partial charge on any atom is 0.325 e. The van der Waals surface area contributed by atoms with Crippen molar-refractivity contribution in [2.24, 2.45) is 11.5 Å². The standard InChI is InChI=1S/C21H31N5O7/c1-11(21(32)33)24-20(31)17(12(2)27)26-19(30)15(8-9-16(23)28)25-18(29)14(22)10-13-6-4-3-5-7-13/h3-7,11-12,14-15,17,27H,8-10,22H2,1-2H3,(H2,23,28)(H,24,31)(H,25,29)(H,26,30)(H,32,33). The minimum atomic E-state index is -1.51. The molecule has 0 aliphatic rings. The van der Waals surface area contributed by atoms with Crippen LogP contribution in [0.3, 0.4) is 0 Å². The van der Waals surface area contributed by atoms with Gasteiger partial charge in [-0.15, -0.1) is 0 Å². The van der Waals surface area contributed by atoms with Crippen LogP contribution in [0, 0.1) is 0 Å². The van der Waals surface area contributed by atoms with E-state index in [1.807, 2.05) is 6.07 Å². The van der Waals surface area contributed by atoms with E-state index in [1.165, 1.54) is 13.8 Å². The molecule has 0 fully saturated rings. The highest BCUT2D eigenvalue weighted by molar-refractivity contribution is 5.94. The minimum absolute atomic E-state index is 0.176. The third-order valence-corrected chi connectivity index (χ3v) is 4.74. The normalized spacial score (nSPS) is 15.3. The second-order valence-electron chi connectivity index (χ2n) is 7.66. The lowest BCUT2D eigenvalue weighted by Crippen LogP contribution is -2.59. The van der Waals surface area contributed by atoms with E-state index in [0.29, 0.717) is 0 Å². The number of primary amides is 1. The van der Waals surface area contributed by atoms with Gasteiger partial charge in [0, 0.05) is 6.42 Å². The number of aliphatic carboxylic acids is 1. The lowest BCUT2D eigenvalue weighted by atomic mass is 10.0. The first kappa shape index (κ1) is 27.5. The SMILES string of the molecule is CC(NC(=O)C(NC(=O)C(CCC(N)=O)NC(=O)C(N)Cc1ccccc1)C(C)O)C(=O)O. The highest BCUT2D eigenvalue weighted by atomic mass is 16.4. The molecule has 0 saturated heterocycles. The first-order valence-corrected chi connectivity index (χ1v) is 10.3. The maximum atomic E-state index is 12.8. The van der Waals surface area contributed by atoms with Gasteiger partial charge in [0.05, 0.1) is 12.1 Å². The fourth-order valence-corrected chi connectivity index (χ4v) is 2.82. The molecule has 0 radical (unpaired) electrons. The summed E-state index contributed by atoms with van der Waals surface area (Å²) in [6, 6.07) is 3.91. The van der Waals surface area contributed by atoms with Crippen LogP contribution < -0.4 is 27.4 Å². The number of rotatable bonds is 13. The number of carbonyl (C=O) groups excluding carboxylic acids is 4. The topological polar surface area (TPSA) is 214 Å². The zero-order valence-corrected chi connectivity index (χ0v) is 18.5. The number of carbonyl (C=O) groups is 5. The summed E-state index contributed by atoms with van der Waals surface area (Å²) in [5.74, 6) is -4.50. The molecule has 9 N–H and O–H groups in total. The van der Waals surface area contributed by atoms with Gasteiger partial charge in [-0.05, 0) is 32.3 Å². The Hall–Kier alpha value is -3.51. The summed E-state index contributed by atoms with van der Waals surface area (Å²) in [5.41, 5.74) is 11.9. The molecule has 1 aromatic rings. The van der Waals surface area contributed by atoms with E-state index in [0.717, 1.165) is 5.56 Å². The van der Waals surface area contributed by atoms with E-state index in [1.54, 1.807) is 24.3 Å². The summed E-state index contributed by atoms with van der Waals surface area (Å²) < 4.78 is 0. The molecular formula is C21H31N5O7. The number of benzene rings is 1. The number of aliphatic hydroxyl groups is 1. The van der Waals surface area contributed by atoms with Crippen molar-refractivity contribution in [2.75, 3.05) is 0 Å². The molecule has 182 valence electrons. The molecular weight excluding hydrogens is 434 g/mol. The molecule has 12 heteroatoms. The van der Waals surface area contributed by atoms with Crippen LogP contribution in [0.15, 0.2) is 30.3 Å². The van der Waals surface area contributed by atoms with Crippen LogP contribution in [-0.2, 0) is 30.4 Å². The third-order valence-electron chi connectivity index (χ3n) is 4.74. The molecule has 1 aromatic carbocycles. The van der Waals surface area contributed by atoms with Gasteiger partial charge in [-0.1, -0.05) is 30.3 Å². The van der Waals surface area contributed by atoms with Crippen molar-refractivity contribution in [2.45, 2.75) is 63.4 Å². The average molecular weight is 466 g/mol. The summed E-state index contributed by atoms with van der Waals surface area (Å²) >= 11 is 0. The van der Waals surface area contributed by atoms with Crippen molar-refractivity contribution >= 4 is 29.6 Å². The zero-order valence-electron chi connectivity index (χ0n) is 18.5. The molecule has 5 unspecified atom stereocenters. The average Bonchev–Trinajstić information content (AvgIpc) is 2.74. The van der Waals surface area contributed by atoms with E-state index in [4.69, 9.17) is 16.6 Å². The van der Waals surface area contributed by atoms with Crippen molar-refractivity contribution < 1.29 is 34.2 Å². The lowest BCUT2D eigenvalue weighted by molar-refractivity contribution is -0.142. The molecule has 0 heterocycles. The van der Waals surface area contributed by atoms with Crippen molar-refractivity contribution in [3.63, 3.8) is 0 Å². The number of nitrogens with two attached hydrogens (primary N) is 2. The number of aliphatic hydroxyl groups excluding tert-OH is 1. The number of carboxylic acids is 1. The van der Waals surface area contributed by atoms with Crippen LogP contribution in [0.1, 0.15) is 32.3 Å². The fourth-order valence-electron chi connectivity index (χ4n) is 2.82. The lowest BCUT2D eigenvalue weighted by Gasteiger charge is -2.26. The second-order valence-corrected chi connectivity index (χ2v) is 7.66. The Balaban J connectivity index is 2.90. The van der Waals surface area contributed by atoms with Gasteiger partial charge in [-0.25, -0.2) is 0 Å². The van der Waals surface area contributed by atoms with Crippen molar-refractivity contribution in [1.29, 1.82) is 0 Å². The van der Waals surface area contributed by atoms with E-state index in [2.05, 4.69) is 16.0 Å². The summed E-state index contributed by atoms with van der Waals surface area (Å²) in [5, 5.41) is 25.7. The predicted octanol–water partition coefficient (Wildman–Crippen LogP) is -2.24. The molecule has 0 saturated carbocycles. The first-order valence-electron chi connectivity index (χ1n) is 10.3. The summed E-state index contributed by atoms with van der Waals surface area (Å²) in [4.78, 5) is 59.8. The number of nitrogens with one attached hydrogen (secondary N) is 3. The Kier molecular flexibility index (Phi) is 11.0.